The summed E-state index contributed by atoms with van der Waals surface area (Å²) >= 11 is 0. The number of nitrogens with one attached hydrogen (secondary N) is 3. The lowest BCUT2D eigenvalue weighted by Gasteiger charge is -2.21. The van der Waals surface area contributed by atoms with Crippen molar-refractivity contribution in [1.29, 1.82) is 0 Å². The fourth-order valence-electron chi connectivity index (χ4n) is 4.00. The average Bonchev–Trinajstić information content (AvgIpc) is 3.06. The molecule has 0 aromatic heterocycles. The first-order valence-electron chi connectivity index (χ1n) is 17.6. The molecular formula is C32H61N4O14P. The summed E-state index contributed by atoms with van der Waals surface area (Å²) in [5, 5.41) is 8.07. The van der Waals surface area contributed by atoms with Gasteiger partial charge in [0.1, 0.15) is 19.8 Å². The minimum absolute atomic E-state index is 0.000742. The van der Waals surface area contributed by atoms with Crippen molar-refractivity contribution in [3.63, 3.8) is 0 Å². The fraction of sp³-hybridized carbons (Fsp3) is 0.844. The molecule has 18 nitrogen and oxygen atoms in total. The molecule has 0 bridgehead atoms. The van der Waals surface area contributed by atoms with Gasteiger partial charge < -0.3 is 53.8 Å². The lowest BCUT2D eigenvalue weighted by atomic mass is 10.2. The van der Waals surface area contributed by atoms with Crippen LogP contribution < -0.4 is 16.0 Å². The molecule has 0 fully saturated rings. The molecule has 0 radical (unpaired) electrons. The molecule has 0 heterocycles. The highest BCUT2D eigenvalue weighted by atomic mass is 31.2. The van der Waals surface area contributed by atoms with Gasteiger partial charge in [0.25, 0.3) is 0 Å². The van der Waals surface area contributed by atoms with Gasteiger partial charge in [0, 0.05) is 46.3 Å². The summed E-state index contributed by atoms with van der Waals surface area (Å²) < 4.78 is 46.8. The van der Waals surface area contributed by atoms with E-state index in [0.717, 1.165) is 45.2 Å². The van der Waals surface area contributed by atoms with E-state index in [9.17, 15) is 28.5 Å². The van der Waals surface area contributed by atoms with Gasteiger partial charge >= 0.3 is 31.7 Å². The first kappa shape index (κ1) is 48.0. The highest BCUT2D eigenvalue weighted by Crippen LogP contribution is 2.36. The lowest BCUT2D eigenvalue weighted by molar-refractivity contribution is -0.149. The van der Waals surface area contributed by atoms with E-state index in [-0.39, 0.29) is 84.9 Å². The molecule has 1 unspecified atom stereocenters. The second-order valence-electron chi connectivity index (χ2n) is 11.4. The van der Waals surface area contributed by atoms with Crippen molar-refractivity contribution < 1.29 is 66.4 Å². The lowest BCUT2D eigenvalue weighted by Crippen LogP contribution is -2.41. The molecule has 0 aliphatic heterocycles. The van der Waals surface area contributed by atoms with E-state index in [0.29, 0.717) is 39.0 Å². The molecule has 0 aliphatic rings. The largest absolute Gasteiger partial charge is 0.465 e. The van der Waals surface area contributed by atoms with Gasteiger partial charge in [-0.3, -0.25) is 19.1 Å². The van der Waals surface area contributed by atoms with Crippen molar-refractivity contribution in [3.05, 3.63) is 0 Å². The Morgan fingerprint density at radius 2 is 1.20 bits per heavy atom. The van der Waals surface area contributed by atoms with E-state index >= 15 is 0 Å². The molecule has 0 aliphatic carbocycles. The molecule has 3 amide bonds. The molecule has 51 heavy (non-hydrogen) atoms. The number of nitrogens with zero attached hydrogens (tertiary/aromatic N) is 1. The molecule has 298 valence electrons. The third-order valence-corrected chi connectivity index (χ3v) is 7.30. The zero-order valence-corrected chi connectivity index (χ0v) is 31.5. The Kier molecular flexibility index (Phi) is 30.9. The smallest absolute Gasteiger partial charge is 0.407 e. The van der Waals surface area contributed by atoms with E-state index in [1.165, 1.54) is 6.92 Å². The minimum atomic E-state index is -3.45. The summed E-state index contributed by atoms with van der Waals surface area (Å²) in [6, 6.07) is 0. The minimum Gasteiger partial charge on any atom is -0.465 e. The van der Waals surface area contributed by atoms with Crippen molar-refractivity contribution in [2.45, 2.75) is 71.6 Å². The van der Waals surface area contributed by atoms with Crippen molar-refractivity contribution >= 4 is 37.6 Å². The number of alkyl carbamates (subject to hydrolysis) is 2. The van der Waals surface area contributed by atoms with Gasteiger partial charge in [0.15, 0.2) is 0 Å². The molecule has 0 aromatic rings. The Hall–Kier alpha value is -3.02. The zero-order valence-electron chi connectivity index (χ0n) is 30.6. The first-order valence-corrected chi connectivity index (χ1v) is 19.6. The van der Waals surface area contributed by atoms with E-state index in [1.807, 2.05) is 6.92 Å². The molecule has 0 rings (SSSR count). The summed E-state index contributed by atoms with van der Waals surface area (Å²) in [5.41, 5.74) is 0. The highest BCUT2D eigenvalue weighted by Gasteiger charge is 2.13. The Balaban J connectivity index is 3.89. The van der Waals surface area contributed by atoms with Gasteiger partial charge in [-0.25, -0.2) is 14.4 Å². The van der Waals surface area contributed by atoms with Crippen LogP contribution in [0.5, 0.6) is 0 Å². The van der Waals surface area contributed by atoms with Crippen LogP contribution >= 0.6 is 7.60 Å². The monoisotopic (exact) mass is 756 g/mol. The summed E-state index contributed by atoms with van der Waals surface area (Å²) in [4.78, 5) is 69.5. The van der Waals surface area contributed by atoms with Gasteiger partial charge in [-0.05, 0) is 38.5 Å². The molecule has 0 spiro atoms. The maximum absolute atomic E-state index is 12.4. The molecule has 0 saturated carbocycles. The fourth-order valence-corrected chi connectivity index (χ4v) is 4.47. The molecule has 1 atom stereocenters. The van der Waals surface area contributed by atoms with Gasteiger partial charge in [-0.1, -0.05) is 26.2 Å². The van der Waals surface area contributed by atoms with Crippen LogP contribution in [-0.4, -0.2) is 145 Å². The zero-order chi connectivity index (χ0) is 38.0. The standard InChI is InChI=1S/C32H61N4O14P/c1-4-5-13-34-31(40)48-18-10-8-11-19-49-32(41)35-15-21-44-24-25-45-27-30(39)47-23-17-36(16-22-46-28(2)37)26-29(38)33-14-9-6-7-12-20-50-51(3,42)43/h4-27H2,1-3H3,(H,33,38)(H,34,40)(H,35,41)(H,42,43). The maximum Gasteiger partial charge on any atom is 0.407 e. The van der Waals surface area contributed by atoms with Crippen LogP contribution in [0.4, 0.5) is 9.59 Å². The third kappa shape index (κ3) is 36.6. The van der Waals surface area contributed by atoms with Crippen molar-refractivity contribution in [2.24, 2.45) is 0 Å². The quantitative estimate of drug-likeness (QED) is 0.0326. The third-order valence-electron chi connectivity index (χ3n) is 6.64. The molecular weight excluding hydrogens is 695 g/mol. The SMILES string of the molecule is CCCCNC(=O)OCCCCCOC(=O)NCCOCCOCC(=O)OCCN(CCOC(C)=O)CC(=O)NCCCCCCOP(C)(=O)O. The second-order valence-corrected chi connectivity index (χ2v) is 13.3. The Morgan fingerprint density at radius 3 is 1.84 bits per heavy atom. The summed E-state index contributed by atoms with van der Waals surface area (Å²) in [6.45, 7) is 7.43. The van der Waals surface area contributed by atoms with Crippen molar-refractivity contribution in [3.8, 4) is 0 Å². The van der Waals surface area contributed by atoms with E-state index in [4.69, 9.17) is 37.8 Å². The second kappa shape index (κ2) is 32.9. The molecule has 4 N–H and O–H groups in total. The number of unbranched alkanes of at least 4 members (excludes halogenated alkanes) is 6. The Labute approximate surface area is 301 Å². The van der Waals surface area contributed by atoms with Gasteiger partial charge in [-0.2, -0.15) is 0 Å². The first-order chi connectivity index (χ1) is 24.4. The van der Waals surface area contributed by atoms with Crippen LogP contribution in [0, 0.1) is 0 Å². The Morgan fingerprint density at radius 1 is 0.627 bits per heavy atom. The number of hydrogen-bond acceptors (Lipinski definition) is 14. The Bertz CT molecular complexity index is 1000. The summed E-state index contributed by atoms with van der Waals surface area (Å²) in [6.07, 6.45) is 6.01. The van der Waals surface area contributed by atoms with Gasteiger partial charge in [0.05, 0.1) is 46.2 Å². The van der Waals surface area contributed by atoms with Crippen molar-refractivity contribution in [2.75, 3.05) is 105 Å². The van der Waals surface area contributed by atoms with Crippen LogP contribution in [0.2, 0.25) is 0 Å². The number of rotatable bonds is 33. The average molecular weight is 757 g/mol. The summed E-state index contributed by atoms with van der Waals surface area (Å²) in [7, 11) is -3.45. The van der Waals surface area contributed by atoms with E-state index < -0.39 is 31.7 Å². The predicted octanol–water partition coefficient (Wildman–Crippen LogP) is 2.36. The molecule has 0 aromatic carbocycles. The van der Waals surface area contributed by atoms with Crippen LogP contribution in [-0.2, 0) is 51.9 Å². The van der Waals surface area contributed by atoms with Crippen LogP contribution in [0.3, 0.4) is 0 Å². The van der Waals surface area contributed by atoms with Gasteiger partial charge in [0.2, 0.25) is 5.91 Å². The van der Waals surface area contributed by atoms with E-state index in [1.54, 1.807) is 4.90 Å². The van der Waals surface area contributed by atoms with Crippen LogP contribution in [0.1, 0.15) is 71.6 Å². The molecule has 19 heteroatoms. The number of amides is 3. The topological polar surface area (TPSA) is 227 Å². The van der Waals surface area contributed by atoms with E-state index in [2.05, 4.69) is 16.0 Å². The van der Waals surface area contributed by atoms with Gasteiger partial charge in [-0.15, -0.1) is 0 Å². The van der Waals surface area contributed by atoms with Crippen LogP contribution in [0.25, 0.3) is 0 Å². The number of hydrogen-bond donors (Lipinski definition) is 4. The number of carbonyl (C=O) groups is 5. The number of esters is 2. The molecule has 0 saturated heterocycles. The number of carbonyl (C=O) groups excluding carboxylic acids is 5. The maximum atomic E-state index is 12.4. The highest BCUT2D eigenvalue weighted by molar-refractivity contribution is 7.51. The van der Waals surface area contributed by atoms with Crippen LogP contribution in [0.15, 0.2) is 0 Å². The van der Waals surface area contributed by atoms with Crippen molar-refractivity contribution in [1.82, 2.24) is 20.9 Å². The summed E-state index contributed by atoms with van der Waals surface area (Å²) in [5.74, 6) is -1.26. The number of ether oxygens (including phenoxy) is 6. The normalized spacial score (nSPS) is 12.1. The predicted molar refractivity (Wildman–Crippen MR) is 186 cm³/mol.